The molecule has 0 fully saturated rings. The van der Waals surface area contributed by atoms with E-state index in [0.29, 0.717) is 24.7 Å². The third-order valence-corrected chi connectivity index (χ3v) is 2.38. The van der Waals surface area contributed by atoms with Crippen LogP contribution in [-0.2, 0) is 9.53 Å². The van der Waals surface area contributed by atoms with Crippen molar-refractivity contribution in [1.29, 1.82) is 0 Å². The number of hydrogen-bond donors (Lipinski definition) is 1. The number of nitrogens with two attached hydrogens (primary N) is 1. The Hall–Kier alpha value is -1.06. The van der Waals surface area contributed by atoms with E-state index in [1.165, 1.54) is 0 Å². The quantitative estimate of drug-likeness (QED) is 0.771. The Morgan fingerprint density at radius 1 is 1.27 bits per heavy atom. The molecule has 0 saturated heterocycles. The van der Waals surface area contributed by atoms with E-state index in [9.17, 15) is 4.79 Å². The fourth-order valence-electron chi connectivity index (χ4n) is 2.13. The largest absolute Gasteiger partial charge is 0.448 e. The molecule has 0 aromatic rings. The van der Waals surface area contributed by atoms with Crippen LogP contribution in [0.15, 0.2) is 4.99 Å². The Morgan fingerprint density at radius 2 is 1.73 bits per heavy atom. The Bertz CT molecular complexity index is 272. The number of aliphatic imine (C=N–C) groups is 1. The zero-order valence-corrected chi connectivity index (χ0v) is 9.91. The highest BCUT2D eigenvalue weighted by molar-refractivity contribution is 6.00. The minimum absolute atomic E-state index is 0.0151. The summed E-state index contributed by atoms with van der Waals surface area (Å²) in [6, 6.07) is 0.0151. The molecule has 1 amide bonds. The van der Waals surface area contributed by atoms with Gasteiger partial charge in [-0.05, 0) is 24.7 Å². The number of ether oxygens (including phenoxy) is 1. The lowest BCUT2D eigenvalue weighted by Gasteiger charge is -2.29. The van der Waals surface area contributed by atoms with Gasteiger partial charge >= 0.3 is 0 Å². The van der Waals surface area contributed by atoms with Crippen molar-refractivity contribution in [2.45, 2.75) is 46.1 Å². The molecule has 1 aliphatic rings. The molecule has 1 heterocycles. The molecule has 1 rings (SSSR count). The van der Waals surface area contributed by atoms with E-state index < -0.39 is 5.60 Å². The minimum Gasteiger partial charge on any atom is -0.448 e. The van der Waals surface area contributed by atoms with Crippen molar-refractivity contribution in [3.8, 4) is 0 Å². The normalized spacial score (nSPS) is 19.6. The molecule has 0 aliphatic carbocycles. The Balaban J connectivity index is 2.84. The van der Waals surface area contributed by atoms with Crippen LogP contribution in [0, 0.1) is 11.8 Å². The second-order valence-electron chi connectivity index (χ2n) is 5.05. The Morgan fingerprint density at radius 3 is 2.00 bits per heavy atom. The SMILES string of the molecule is CC(C)CC1(CC(C)C)OC(N)=NC1=O. The third kappa shape index (κ3) is 2.70. The van der Waals surface area contributed by atoms with Gasteiger partial charge in [0.15, 0.2) is 5.60 Å². The summed E-state index contributed by atoms with van der Waals surface area (Å²) >= 11 is 0. The van der Waals surface area contributed by atoms with Crippen molar-refractivity contribution in [3.63, 3.8) is 0 Å². The summed E-state index contributed by atoms with van der Waals surface area (Å²) in [5, 5.41) is 0. The van der Waals surface area contributed by atoms with Gasteiger partial charge in [0.05, 0.1) is 0 Å². The number of nitrogens with zero attached hydrogens (tertiary/aromatic N) is 1. The maximum absolute atomic E-state index is 11.8. The van der Waals surface area contributed by atoms with Gasteiger partial charge < -0.3 is 10.5 Å². The summed E-state index contributed by atoms with van der Waals surface area (Å²) in [6.45, 7) is 8.25. The smallest absolute Gasteiger partial charge is 0.294 e. The number of amidine groups is 1. The van der Waals surface area contributed by atoms with E-state index >= 15 is 0 Å². The standard InChI is InChI=1S/C11H20N2O2/c1-7(2)5-11(6-8(3)4)9(14)13-10(12)15-11/h7-8H,5-6H2,1-4H3,(H2,12,13,14). The Labute approximate surface area is 90.9 Å². The van der Waals surface area contributed by atoms with E-state index in [1.807, 2.05) is 0 Å². The van der Waals surface area contributed by atoms with Crippen LogP contribution in [0.5, 0.6) is 0 Å². The number of amides is 1. The number of hydrogen-bond acceptors (Lipinski definition) is 3. The molecule has 0 atom stereocenters. The third-order valence-electron chi connectivity index (χ3n) is 2.38. The molecule has 0 bridgehead atoms. The first kappa shape index (κ1) is 12.0. The molecule has 86 valence electrons. The summed E-state index contributed by atoms with van der Waals surface area (Å²) in [7, 11) is 0. The molecule has 0 spiro atoms. The molecule has 4 heteroatoms. The fraction of sp³-hybridized carbons (Fsp3) is 0.818. The highest BCUT2D eigenvalue weighted by Crippen LogP contribution is 2.33. The van der Waals surface area contributed by atoms with Crippen molar-refractivity contribution in [2.75, 3.05) is 0 Å². The molecule has 0 aromatic heterocycles. The van der Waals surface area contributed by atoms with Crippen LogP contribution in [0.2, 0.25) is 0 Å². The van der Waals surface area contributed by atoms with Crippen LogP contribution in [0.1, 0.15) is 40.5 Å². The molecular weight excluding hydrogens is 192 g/mol. The summed E-state index contributed by atoms with van der Waals surface area (Å²) in [6.07, 6.45) is 1.35. The van der Waals surface area contributed by atoms with Gasteiger partial charge in [-0.1, -0.05) is 27.7 Å². The summed E-state index contributed by atoms with van der Waals surface area (Å²) < 4.78 is 5.46. The maximum Gasteiger partial charge on any atom is 0.294 e. The van der Waals surface area contributed by atoms with Crippen LogP contribution in [-0.4, -0.2) is 17.5 Å². The van der Waals surface area contributed by atoms with E-state index in [0.717, 1.165) is 0 Å². The van der Waals surface area contributed by atoms with Gasteiger partial charge in [0.25, 0.3) is 11.9 Å². The van der Waals surface area contributed by atoms with Crippen LogP contribution < -0.4 is 5.73 Å². The summed E-state index contributed by atoms with van der Waals surface area (Å²) in [4.78, 5) is 15.5. The van der Waals surface area contributed by atoms with Gasteiger partial charge in [-0.3, -0.25) is 4.79 Å². The van der Waals surface area contributed by atoms with Gasteiger partial charge in [-0.2, -0.15) is 4.99 Å². The Kier molecular flexibility index (Phi) is 3.37. The highest BCUT2D eigenvalue weighted by Gasteiger charge is 2.46. The first-order chi connectivity index (χ1) is 6.85. The van der Waals surface area contributed by atoms with Crippen molar-refractivity contribution < 1.29 is 9.53 Å². The average Bonchev–Trinajstić information content (AvgIpc) is 2.22. The number of rotatable bonds is 4. The van der Waals surface area contributed by atoms with Crippen LogP contribution in [0.4, 0.5) is 0 Å². The van der Waals surface area contributed by atoms with Crippen LogP contribution in [0.25, 0.3) is 0 Å². The first-order valence-corrected chi connectivity index (χ1v) is 5.43. The van der Waals surface area contributed by atoms with E-state index in [2.05, 4.69) is 32.7 Å². The monoisotopic (exact) mass is 212 g/mol. The van der Waals surface area contributed by atoms with Gasteiger partial charge in [0.2, 0.25) is 0 Å². The van der Waals surface area contributed by atoms with Crippen molar-refractivity contribution in [2.24, 2.45) is 22.6 Å². The zero-order chi connectivity index (χ0) is 11.6. The predicted molar refractivity (Wildman–Crippen MR) is 59.4 cm³/mol. The van der Waals surface area contributed by atoms with Crippen molar-refractivity contribution in [3.05, 3.63) is 0 Å². The van der Waals surface area contributed by atoms with E-state index in [1.54, 1.807) is 0 Å². The lowest BCUT2D eigenvalue weighted by Crippen LogP contribution is -2.41. The second-order valence-corrected chi connectivity index (χ2v) is 5.05. The lowest BCUT2D eigenvalue weighted by molar-refractivity contribution is -0.133. The molecule has 0 unspecified atom stereocenters. The molecule has 4 nitrogen and oxygen atoms in total. The topological polar surface area (TPSA) is 64.7 Å². The zero-order valence-electron chi connectivity index (χ0n) is 9.91. The highest BCUT2D eigenvalue weighted by atomic mass is 16.5. The van der Waals surface area contributed by atoms with Gasteiger partial charge in [0, 0.05) is 0 Å². The minimum atomic E-state index is -0.799. The molecule has 0 radical (unpaired) electrons. The van der Waals surface area contributed by atoms with Crippen LogP contribution >= 0.6 is 0 Å². The van der Waals surface area contributed by atoms with Gasteiger partial charge in [-0.15, -0.1) is 0 Å². The van der Waals surface area contributed by atoms with Crippen LogP contribution in [0.3, 0.4) is 0 Å². The number of carbonyl (C=O) groups is 1. The molecule has 15 heavy (non-hydrogen) atoms. The number of carbonyl (C=O) groups excluding carboxylic acids is 1. The molecule has 1 aliphatic heterocycles. The average molecular weight is 212 g/mol. The second kappa shape index (κ2) is 4.21. The molecular formula is C11H20N2O2. The van der Waals surface area contributed by atoms with Gasteiger partial charge in [-0.25, -0.2) is 0 Å². The molecule has 2 N–H and O–H groups in total. The molecule has 0 aromatic carbocycles. The summed E-state index contributed by atoms with van der Waals surface area (Å²) in [5.74, 6) is 0.546. The van der Waals surface area contributed by atoms with Gasteiger partial charge in [0.1, 0.15) is 0 Å². The maximum atomic E-state index is 11.8. The lowest BCUT2D eigenvalue weighted by atomic mass is 9.84. The predicted octanol–water partition coefficient (Wildman–Crippen LogP) is 1.69. The van der Waals surface area contributed by atoms with E-state index in [-0.39, 0.29) is 11.9 Å². The van der Waals surface area contributed by atoms with Crippen molar-refractivity contribution >= 4 is 11.9 Å². The fourth-order valence-corrected chi connectivity index (χ4v) is 2.13. The molecule has 0 saturated carbocycles. The summed E-state index contributed by atoms with van der Waals surface area (Å²) in [5.41, 5.74) is 4.66. The van der Waals surface area contributed by atoms with Crippen molar-refractivity contribution in [1.82, 2.24) is 0 Å². The first-order valence-electron chi connectivity index (χ1n) is 5.43. The van der Waals surface area contributed by atoms with E-state index in [4.69, 9.17) is 10.5 Å².